The Morgan fingerprint density at radius 3 is 1.82 bits per heavy atom. The average Bonchev–Trinajstić information content (AvgIpc) is 3.67. The molecule has 11 aromatic rings. The number of nitrogens with zero attached hydrogens (tertiary/aromatic N) is 2. The summed E-state index contributed by atoms with van der Waals surface area (Å²) < 4.78 is 2.36. The van der Waals surface area contributed by atoms with Gasteiger partial charge in [0.2, 0.25) is 0 Å². The van der Waals surface area contributed by atoms with Crippen molar-refractivity contribution in [2.75, 3.05) is 0 Å². The Morgan fingerprint density at radius 2 is 1.03 bits per heavy atom. The van der Waals surface area contributed by atoms with Crippen LogP contribution in [-0.4, -0.2) is 10.4 Å². The van der Waals surface area contributed by atoms with Gasteiger partial charge in [0.15, 0.2) is 0 Å². The number of allylic oxidation sites excluding steroid dienone is 1. The van der Waals surface area contributed by atoms with Crippen molar-refractivity contribution in [2.24, 2.45) is 10.7 Å². The van der Waals surface area contributed by atoms with Crippen molar-refractivity contribution >= 4 is 65.7 Å². The van der Waals surface area contributed by atoms with Gasteiger partial charge in [0, 0.05) is 27.6 Å². The maximum atomic E-state index is 6.79. The van der Waals surface area contributed by atoms with Crippen LogP contribution in [0.3, 0.4) is 0 Å². The van der Waals surface area contributed by atoms with Crippen LogP contribution in [0, 0.1) is 0 Å². The lowest BCUT2D eigenvalue weighted by Gasteiger charge is -2.14. The minimum Gasteiger partial charge on any atom is -0.383 e. The number of aliphatic imine (C=N–C) groups is 1. The smallest absolute Gasteiger partial charge is 0.131 e. The molecule has 1 heterocycles. The molecule has 61 heavy (non-hydrogen) atoms. The Bertz CT molecular complexity index is 3480. The standard InChI is InChI=1S/C58H41N3/c59-58(41-15-3-1-4-16-41)60-55(35-31-44-37-43-17-7-8-20-46(43)49-22-10-9-21-47(44)49)52-34-33-48(50-23-11-12-24-51(50)52)40-29-27-39(28-30-40)42-32-36-57-54(38-42)53-25-13-14-26-56(53)61(57)45-18-5-2-6-19-45/h1-30,32-38H,31H2,(H2,59,60)/b55-35-. The highest BCUT2D eigenvalue weighted by Crippen LogP contribution is 2.38. The van der Waals surface area contributed by atoms with Crippen molar-refractivity contribution in [3.05, 3.63) is 241 Å². The van der Waals surface area contributed by atoms with Crippen LogP contribution in [0.15, 0.2) is 229 Å². The highest BCUT2D eigenvalue weighted by Gasteiger charge is 2.16. The van der Waals surface area contributed by atoms with E-state index < -0.39 is 0 Å². The van der Waals surface area contributed by atoms with E-state index in [-0.39, 0.29) is 0 Å². The SMILES string of the molecule is NC(=N/C(=C\Cc1cc2ccccc2c2ccccc12)c1ccc(-c2ccc(-c3ccc4c(c3)c3ccccc3n4-c3ccccc3)cc2)c2ccccc12)c1ccccc1. The monoisotopic (exact) mass is 779 g/mol. The van der Waals surface area contributed by atoms with Gasteiger partial charge in [-0.25, -0.2) is 4.99 Å². The molecule has 0 aliphatic carbocycles. The molecule has 0 saturated carbocycles. The molecule has 2 N–H and O–H groups in total. The van der Waals surface area contributed by atoms with Crippen LogP contribution < -0.4 is 5.73 Å². The molecule has 0 atom stereocenters. The summed E-state index contributed by atoms with van der Waals surface area (Å²) in [4.78, 5) is 5.19. The van der Waals surface area contributed by atoms with E-state index in [1.54, 1.807) is 0 Å². The number of hydrogen-bond donors (Lipinski definition) is 1. The van der Waals surface area contributed by atoms with E-state index in [0.29, 0.717) is 12.3 Å². The highest BCUT2D eigenvalue weighted by atomic mass is 15.0. The topological polar surface area (TPSA) is 43.3 Å². The van der Waals surface area contributed by atoms with Crippen LogP contribution in [0.4, 0.5) is 0 Å². The lowest BCUT2D eigenvalue weighted by molar-refractivity contribution is 1.18. The van der Waals surface area contributed by atoms with Crippen LogP contribution >= 0.6 is 0 Å². The molecule has 1 aromatic heterocycles. The summed E-state index contributed by atoms with van der Waals surface area (Å²) in [7, 11) is 0. The van der Waals surface area contributed by atoms with Gasteiger partial charge >= 0.3 is 0 Å². The number of para-hydroxylation sites is 2. The largest absolute Gasteiger partial charge is 0.383 e. The summed E-state index contributed by atoms with van der Waals surface area (Å²) in [6.07, 6.45) is 2.94. The fraction of sp³-hybridized carbons (Fsp3) is 0.0172. The average molecular weight is 780 g/mol. The third kappa shape index (κ3) is 6.54. The Hall–Kier alpha value is -8.01. The van der Waals surface area contributed by atoms with Gasteiger partial charge in [-0.3, -0.25) is 0 Å². The highest BCUT2D eigenvalue weighted by molar-refractivity contribution is 6.11. The van der Waals surface area contributed by atoms with Crippen molar-refractivity contribution < 1.29 is 0 Å². The van der Waals surface area contributed by atoms with Crippen LogP contribution in [-0.2, 0) is 6.42 Å². The molecule has 0 bridgehead atoms. The Morgan fingerprint density at radius 1 is 0.443 bits per heavy atom. The summed E-state index contributed by atoms with van der Waals surface area (Å²) in [6.45, 7) is 0. The number of aromatic nitrogens is 1. The molecule has 0 saturated heterocycles. The zero-order chi connectivity index (χ0) is 40.7. The van der Waals surface area contributed by atoms with E-state index in [9.17, 15) is 0 Å². The van der Waals surface area contributed by atoms with Crippen molar-refractivity contribution in [1.82, 2.24) is 4.57 Å². The van der Waals surface area contributed by atoms with Crippen molar-refractivity contribution in [3.8, 4) is 27.9 Å². The van der Waals surface area contributed by atoms with Gasteiger partial charge in [-0.05, 0) is 96.9 Å². The molecule has 288 valence electrons. The summed E-state index contributed by atoms with van der Waals surface area (Å²) in [6, 6.07) is 78.0. The van der Waals surface area contributed by atoms with Gasteiger partial charge in [0.1, 0.15) is 5.84 Å². The zero-order valence-corrected chi connectivity index (χ0v) is 33.5. The second-order valence-corrected chi connectivity index (χ2v) is 15.7. The third-order valence-electron chi connectivity index (χ3n) is 12.1. The summed E-state index contributed by atoms with van der Waals surface area (Å²) in [5, 5.41) is 9.79. The minimum atomic E-state index is 0.488. The molecule has 0 unspecified atom stereocenters. The molecule has 3 nitrogen and oxygen atoms in total. The fourth-order valence-corrected chi connectivity index (χ4v) is 9.15. The Balaban J connectivity index is 0.988. The van der Waals surface area contributed by atoms with Gasteiger partial charge in [-0.2, -0.15) is 0 Å². The number of benzene rings is 10. The summed E-state index contributed by atoms with van der Waals surface area (Å²) in [5.41, 5.74) is 19.1. The Labute approximate surface area is 355 Å². The lowest BCUT2D eigenvalue weighted by atomic mass is 9.92. The number of amidine groups is 1. The first-order chi connectivity index (χ1) is 30.2. The maximum Gasteiger partial charge on any atom is 0.131 e. The number of rotatable bonds is 8. The van der Waals surface area contributed by atoms with Gasteiger partial charge in [-0.15, -0.1) is 0 Å². The van der Waals surface area contributed by atoms with E-state index in [1.807, 2.05) is 30.3 Å². The fourth-order valence-electron chi connectivity index (χ4n) is 9.15. The second-order valence-electron chi connectivity index (χ2n) is 15.7. The van der Waals surface area contributed by atoms with Crippen molar-refractivity contribution in [1.29, 1.82) is 0 Å². The van der Waals surface area contributed by atoms with Crippen LogP contribution in [0.2, 0.25) is 0 Å². The van der Waals surface area contributed by atoms with Crippen molar-refractivity contribution in [3.63, 3.8) is 0 Å². The molecular weight excluding hydrogens is 739 g/mol. The number of hydrogen-bond acceptors (Lipinski definition) is 1. The molecule has 0 fully saturated rings. The number of fused-ring (bicyclic) bond motifs is 7. The van der Waals surface area contributed by atoms with Crippen LogP contribution in [0.1, 0.15) is 16.7 Å². The normalized spacial score (nSPS) is 12.3. The molecule has 10 aromatic carbocycles. The molecule has 0 aliphatic heterocycles. The lowest BCUT2D eigenvalue weighted by Crippen LogP contribution is -2.13. The van der Waals surface area contributed by atoms with E-state index in [1.165, 1.54) is 71.0 Å². The first kappa shape index (κ1) is 36.1. The molecule has 0 spiro atoms. The maximum absolute atomic E-state index is 6.79. The molecule has 0 radical (unpaired) electrons. The first-order valence-electron chi connectivity index (χ1n) is 20.9. The molecule has 11 rings (SSSR count). The third-order valence-corrected chi connectivity index (χ3v) is 12.1. The van der Waals surface area contributed by atoms with E-state index in [4.69, 9.17) is 10.7 Å². The number of nitrogens with two attached hydrogens (primary N) is 1. The van der Waals surface area contributed by atoms with Crippen LogP contribution in [0.5, 0.6) is 0 Å². The molecule has 0 aliphatic rings. The van der Waals surface area contributed by atoms with Gasteiger partial charge < -0.3 is 10.3 Å². The van der Waals surface area contributed by atoms with E-state index >= 15 is 0 Å². The molecule has 0 amide bonds. The van der Waals surface area contributed by atoms with E-state index in [0.717, 1.165) is 33.5 Å². The second kappa shape index (κ2) is 15.3. The van der Waals surface area contributed by atoms with Gasteiger partial charge in [0.25, 0.3) is 0 Å². The molecular formula is C58H41N3. The predicted molar refractivity (Wildman–Crippen MR) is 259 cm³/mol. The Kier molecular flexibility index (Phi) is 9.05. The predicted octanol–water partition coefficient (Wildman–Crippen LogP) is 14.6. The van der Waals surface area contributed by atoms with Gasteiger partial charge in [-0.1, -0.05) is 194 Å². The summed E-state index contributed by atoms with van der Waals surface area (Å²) in [5.74, 6) is 0.488. The van der Waals surface area contributed by atoms with Crippen LogP contribution in [0.25, 0.3) is 87.8 Å². The van der Waals surface area contributed by atoms with Gasteiger partial charge in [0.05, 0.1) is 16.7 Å². The minimum absolute atomic E-state index is 0.488. The molecule has 3 heteroatoms. The quantitative estimate of drug-likeness (QED) is 0.0932. The first-order valence-corrected chi connectivity index (χ1v) is 20.9. The van der Waals surface area contributed by atoms with E-state index in [2.05, 4.69) is 199 Å². The zero-order valence-electron chi connectivity index (χ0n) is 33.5. The summed E-state index contributed by atoms with van der Waals surface area (Å²) >= 11 is 0. The van der Waals surface area contributed by atoms with Crippen molar-refractivity contribution in [2.45, 2.75) is 6.42 Å².